The quantitative estimate of drug-likeness (QED) is 0.197. The summed E-state index contributed by atoms with van der Waals surface area (Å²) < 4.78 is 0. The molecule has 5 rings (SSSR count). The van der Waals surface area contributed by atoms with Crippen LogP contribution in [0.1, 0.15) is 43.1 Å². The van der Waals surface area contributed by atoms with Crippen molar-refractivity contribution in [2.24, 2.45) is 0 Å². The van der Waals surface area contributed by atoms with Gasteiger partial charge < -0.3 is 25.8 Å². The molecule has 3 heterocycles. The molecule has 10 nitrogen and oxygen atoms in total. The molecule has 1 saturated carbocycles. The zero-order chi connectivity index (χ0) is 29.7. The van der Waals surface area contributed by atoms with Gasteiger partial charge in [-0.15, -0.1) is 0 Å². The summed E-state index contributed by atoms with van der Waals surface area (Å²) in [5.74, 6) is -0.00950. The van der Waals surface area contributed by atoms with E-state index in [0.29, 0.717) is 35.3 Å². The molecule has 4 aromatic rings. The van der Waals surface area contributed by atoms with Crippen LogP contribution in [0.25, 0.3) is 22.2 Å². The number of pyridine rings is 1. The Bertz CT molecular complexity index is 1600. The molecule has 0 aliphatic heterocycles. The Morgan fingerprint density at radius 2 is 2.00 bits per heavy atom. The number of hydrogen-bond acceptors (Lipinski definition) is 7. The average Bonchev–Trinajstić information content (AvgIpc) is 3.38. The van der Waals surface area contributed by atoms with Crippen molar-refractivity contribution < 1.29 is 9.59 Å². The van der Waals surface area contributed by atoms with Gasteiger partial charge in [0.15, 0.2) is 0 Å². The minimum Gasteiger partial charge on any atom is -0.360 e. The highest BCUT2D eigenvalue weighted by atomic mass is 35.5. The summed E-state index contributed by atoms with van der Waals surface area (Å²) in [5.41, 5.74) is 2.96. The number of likely N-dealkylation sites (N-methyl/N-ethyl adjacent to an activating group) is 1. The number of benzene rings is 1. The molecule has 1 aliphatic rings. The molecule has 0 saturated heterocycles. The molecule has 0 bridgehead atoms. The van der Waals surface area contributed by atoms with E-state index in [1.54, 1.807) is 24.4 Å². The fourth-order valence-electron chi connectivity index (χ4n) is 5.29. The lowest BCUT2D eigenvalue weighted by Gasteiger charge is -2.39. The van der Waals surface area contributed by atoms with E-state index < -0.39 is 5.54 Å². The van der Waals surface area contributed by atoms with Gasteiger partial charge in [0, 0.05) is 46.9 Å². The molecule has 42 heavy (non-hydrogen) atoms. The van der Waals surface area contributed by atoms with Crippen molar-refractivity contribution in [3.05, 3.63) is 77.9 Å². The second-order valence-electron chi connectivity index (χ2n) is 11.2. The Morgan fingerprint density at radius 3 is 2.79 bits per heavy atom. The molecule has 2 atom stereocenters. The Hall–Kier alpha value is -4.28. The first-order valence-electron chi connectivity index (χ1n) is 14.0. The van der Waals surface area contributed by atoms with E-state index in [2.05, 4.69) is 30.9 Å². The molecule has 11 heteroatoms. The molecule has 4 N–H and O–H groups in total. The fourth-order valence-corrected chi connectivity index (χ4v) is 5.49. The summed E-state index contributed by atoms with van der Waals surface area (Å²) in [4.78, 5) is 43.9. The third kappa shape index (κ3) is 7.13. The van der Waals surface area contributed by atoms with Gasteiger partial charge in [0.05, 0.1) is 28.8 Å². The molecule has 2 unspecified atom stereocenters. The molecule has 1 aliphatic carbocycles. The molecule has 0 spiro atoms. The fraction of sp³-hybridized carbons (Fsp3) is 0.323. The maximum atomic E-state index is 13.1. The highest BCUT2D eigenvalue weighted by molar-refractivity contribution is 6.33. The van der Waals surface area contributed by atoms with Gasteiger partial charge in [-0.3, -0.25) is 9.59 Å². The second kappa shape index (κ2) is 12.7. The standard InChI is InChI=1S/C31H35ClN8O2/c1-31(39-29(42)26-13-12-21(17-33-26)36-27(41)11-7-15-40(2)3)14-6-8-20(16-31)37-30-35-19-24(32)28(38-30)23-18-34-25-10-5-4-9-22(23)25/h4-5,7,9-13,17-20,34H,6,8,14-16H2,1-3H3,(H,36,41)(H,39,42)(H,35,37,38)/b11-7+. The minimum atomic E-state index is -0.440. The number of hydrogen-bond donors (Lipinski definition) is 4. The molecule has 2 amide bonds. The lowest BCUT2D eigenvalue weighted by molar-refractivity contribution is -0.111. The highest BCUT2D eigenvalue weighted by Crippen LogP contribution is 2.34. The van der Waals surface area contributed by atoms with Gasteiger partial charge in [-0.2, -0.15) is 0 Å². The largest absolute Gasteiger partial charge is 0.360 e. The van der Waals surface area contributed by atoms with Crippen LogP contribution in [0.4, 0.5) is 11.6 Å². The minimum absolute atomic E-state index is 0.0622. The molecule has 218 valence electrons. The Labute approximate surface area is 250 Å². The lowest BCUT2D eigenvalue weighted by atomic mass is 9.80. The first kappa shape index (κ1) is 29.2. The van der Waals surface area contributed by atoms with Crippen molar-refractivity contribution in [3.8, 4) is 11.3 Å². The van der Waals surface area contributed by atoms with E-state index in [-0.39, 0.29) is 23.6 Å². The smallest absolute Gasteiger partial charge is 0.270 e. The van der Waals surface area contributed by atoms with Crippen LogP contribution in [0.15, 0.2) is 67.1 Å². The third-order valence-electron chi connectivity index (χ3n) is 7.32. The lowest BCUT2D eigenvalue weighted by Crippen LogP contribution is -2.51. The molecular formula is C31H35ClN8O2. The predicted octanol–water partition coefficient (Wildman–Crippen LogP) is 5.27. The van der Waals surface area contributed by atoms with E-state index in [0.717, 1.165) is 35.7 Å². The number of rotatable bonds is 9. The third-order valence-corrected chi connectivity index (χ3v) is 7.60. The van der Waals surface area contributed by atoms with Gasteiger partial charge in [0.25, 0.3) is 5.91 Å². The van der Waals surface area contributed by atoms with Crippen molar-refractivity contribution in [3.63, 3.8) is 0 Å². The van der Waals surface area contributed by atoms with Gasteiger partial charge in [0.2, 0.25) is 11.9 Å². The van der Waals surface area contributed by atoms with Crippen LogP contribution < -0.4 is 16.0 Å². The second-order valence-corrected chi connectivity index (χ2v) is 11.6. The van der Waals surface area contributed by atoms with Crippen LogP contribution in [0.3, 0.4) is 0 Å². The van der Waals surface area contributed by atoms with Crippen molar-refractivity contribution >= 4 is 46.0 Å². The highest BCUT2D eigenvalue weighted by Gasteiger charge is 2.34. The average molecular weight is 587 g/mol. The Kier molecular flexibility index (Phi) is 8.84. The van der Waals surface area contributed by atoms with Crippen molar-refractivity contribution in [2.75, 3.05) is 31.3 Å². The van der Waals surface area contributed by atoms with Crippen LogP contribution in [0.2, 0.25) is 5.02 Å². The monoisotopic (exact) mass is 586 g/mol. The normalized spacial score (nSPS) is 18.8. The summed E-state index contributed by atoms with van der Waals surface area (Å²) in [5, 5.41) is 10.9. The summed E-state index contributed by atoms with van der Waals surface area (Å²) in [6.45, 7) is 2.71. The van der Waals surface area contributed by atoms with Gasteiger partial charge in [-0.05, 0) is 64.9 Å². The van der Waals surface area contributed by atoms with Crippen LogP contribution in [0, 0.1) is 0 Å². The number of para-hydroxylation sites is 1. The molecule has 1 aromatic carbocycles. The van der Waals surface area contributed by atoms with Crippen molar-refractivity contribution in [2.45, 2.75) is 44.2 Å². The van der Waals surface area contributed by atoms with E-state index in [1.165, 1.54) is 12.3 Å². The van der Waals surface area contributed by atoms with Crippen LogP contribution in [-0.4, -0.2) is 68.9 Å². The van der Waals surface area contributed by atoms with Crippen LogP contribution in [0.5, 0.6) is 0 Å². The topological polar surface area (TPSA) is 128 Å². The number of halogens is 1. The first-order chi connectivity index (χ1) is 20.2. The summed E-state index contributed by atoms with van der Waals surface area (Å²) in [7, 11) is 3.85. The van der Waals surface area contributed by atoms with Gasteiger partial charge in [-0.1, -0.05) is 35.9 Å². The molecule has 0 radical (unpaired) electrons. The molecule has 1 fully saturated rings. The van der Waals surface area contributed by atoms with Crippen LogP contribution in [-0.2, 0) is 4.79 Å². The molecule has 3 aromatic heterocycles. The number of carbonyl (C=O) groups excluding carboxylic acids is 2. The van der Waals surface area contributed by atoms with Gasteiger partial charge in [-0.25, -0.2) is 15.0 Å². The van der Waals surface area contributed by atoms with Crippen molar-refractivity contribution in [1.82, 2.24) is 30.2 Å². The van der Waals surface area contributed by atoms with Gasteiger partial charge in [0.1, 0.15) is 5.69 Å². The Morgan fingerprint density at radius 1 is 1.17 bits per heavy atom. The maximum absolute atomic E-state index is 13.1. The summed E-state index contributed by atoms with van der Waals surface area (Å²) in [6, 6.07) is 11.4. The number of H-pyrrole nitrogens is 1. The zero-order valence-corrected chi connectivity index (χ0v) is 24.7. The number of anilines is 2. The number of aromatic amines is 1. The summed E-state index contributed by atoms with van der Waals surface area (Å²) >= 11 is 6.51. The number of nitrogens with one attached hydrogen (secondary N) is 4. The first-order valence-corrected chi connectivity index (χ1v) is 14.3. The van der Waals surface area contributed by atoms with E-state index in [4.69, 9.17) is 16.6 Å². The number of carbonyl (C=O) groups is 2. The van der Waals surface area contributed by atoms with E-state index in [9.17, 15) is 9.59 Å². The number of aromatic nitrogens is 4. The number of amides is 2. The molecular weight excluding hydrogens is 552 g/mol. The number of nitrogens with zero attached hydrogens (tertiary/aromatic N) is 4. The van der Waals surface area contributed by atoms with Crippen LogP contribution >= 0.6 is 11.6 Å². The zero-order valence-electron chi connectivity index (χ0n) is 23.9. The summed E-state index contributed by atoms with van der Waals surface area (Å²) in [6.07, 6.45) is 11.7. The number of fused-ring (bicyclic) bond motifs is 1. The predicted molar refractivity (Wildman–Crippen MR) is 167 cm³/mol. The SMILES string of the molecule is CN(C)C/C=C/C(=O)Nc1ccc(C(=O)NC2(C)CCCC(Nc3ncc(Cl)c(-c4c[nH]c5ccccc45)n3)C2)nc1. The van der Waals surface area contributed by atoms with Gasteiger partial charge >= 0.3 is 0 Å². The van der Waals surface area contributed by atoms with Crippen molar-refractivity contribution in [1.29, 1.82) is 0 Å². The maximum Gasteiger partial charge on any atom is 0.270 e. The van der Waals surface area contributed by atoms with E-state index in [1.807, 2.05) is 56.4 Å². The Balaban J connectivity index is 1.21. The van der Waals surface area contributed by atoms with E-state index >= 15 is 0 Å².